The predicted octanol–water partition coefficient (Wildman–Crippen LogP) is 0.629. The number of amides is 1. The lowest BCUT2D eigenvalue weighted by molar-refractivity contribution is -0.126. The van der Waals surface area contributed by atoms with Gasteiger partial charge in [0.05, 0.1) is 6.04 Å². The molecule has 1 rings (SSSR count). The Hall–Kier alpha value is -0.610. The molecule has 0 bridgehead atoms. The lowest BCUT2D eigenvalue weighted by Crippen LogP contribution is -2.49. The van der Waals surface area contributed by atoms with Gasteiger partial charge in [0, 0.05) is 6.04 Å². The van der Waals surface area contributed by atoms with E-state index in [9.17, 15) is 4.79 Å². The van der Waals surface area contributed by atoms with Gasteiger partial charge in [0.1, 0.15) is 0 Å². The highest BCUT2D eigenvalue weighted by molar-refractivity contribution is 5.80. The molecule has 1 saturated carbocycles. The van der Waals surface area contributed by atoms with Gasteiger partial charge in [0.2, 0.25) is 0 Å². The van der Waals surface area contributed by atoms with E-state index in [2.05, 4.69) is 10.3 Å². The zero-order valence-corrected chi connectivity index (χ0v) is 9.12. The minimum atomic E-state index is -0.122. The summed E-state index contributed by atoms with van der Waals surface area (Å²) in [4.78, 5) is 13.5. The van der Waals surface area contributed by atoms with Crippen molar-refractivity contribution < 1.29 is 4.79 Å². The van der Waals surface area contributed by atoms with Crippen LogP contribution in [0.4, 0.5) is 0 Å². The summed E-state index contributed by atoms with van der Waals surface area (Å²) in [7, 11) is 2.01. The van der Waals surface area contributed by atoms with Crippen LogP contribution in [0.3, 0.4) is 0 Å². The molecule has 1 atom stereocenters. The molecular weight excluding hydrogens is 178 g/mol. The Bertz CT molecular complexity index is 190. The molecule has 1 aliphatic rings. The quantitative estimate of drug-likeness (QED) is 0.398. The molecule has 0 aromatic rings. The molecule has 1 fully saturated rings. The molecule has 0 aromatic carbocycles. The average molecular weight is 199 g/mol. The van der Waals surface area contributed by atoms with Crippen LogP contribution in [-0.4, -0.2) is 29.9 Å². The van der Waals surface area contributed by atoms with Crippen molar-refractivity contribution in [1.29, 1.82) is 0 Å². The van der Waals surface area contributed by atoms with Gasteiger partial charge in [-0.2, -0.15) is 0 Å². The Balaban J connectivity index is 2.45. The van der Waals surface area contributed by atoms with Crippen LogP contribution in [0.5, 0.6) is 0 Å². The van der Waals surface area contributed by atoms with E-state index in [4.69, 9.17) is 5.84 Å². The summed E-state index contributed by atoms with van der Waals surface area (Å²) in [5.74, 6) is 5.02. The van der Waals surface area contributed by atoms with E-state index in [0.717, 1.165) is 0 Å². The molecule has 14 heavy (non-hydrogen) atoms. The smallest absolute Gasteiger partial charge is 0.250 e. The molecule has 82 valence electrons. The highest BCUT2D eigenvalue weighted by Gasteiger charge is 2.25. The topological polar surface area (TPSA) is 58.4 Å². The van der Waals surface area contributed by atoms with Crippen molar-refractivity contribution in [2.24, 2.45) is 5.84 Å². The van der Waals surface area contributed by atoms with Crippen LogP contribution in [0, 0.1) is 0 Å². The molecule has 0 spiro atoms. The summed E-state index contributed by atoms with van der Waals surface area (Å²) >= 11 is 0. The van der Waals surface area contributed by atoms with Gasteiger partial charge < -0.3 is 0 Å². The van der Waals surface area contributed by atoms with Crippen molar-refractivity contribution in [2.75, 3.05) is 7.05 Å². The largest absolute Gasteiger partial charge is 0.293 e. The Morgan fingerprint density at radius 3 is 2.50 bits per heavy atom. The number of likely N-dealkylation sites (N-methyl/N-ethyl adjacent to an activating group) is 1. The molecule has 0 aromatic heterocycles. The van der Waals surface area contributed by atoms with Crippen molar-refractivity contribution in [2.45, 2.75) is 51.1 Å². The number of carbonyl (C=O) groups excluding carboxylic acids is 1. The SMILES string of the molecule is CC(C(=O)NN)N(C)C1CCCCC1. The Labute approximate surface area is 85.8 Å². The molecule has 0 aliphatic heterocycles. The molecule has 3 N–H and O–H groups in total. The number of nitrogens with one attached hydrogen (secondary N) is 1. The Morgan fingerprint density at radius 1 is 1.43 bits per heavy atom. The zero-order chi connectivity index (χ0) is 10.6. The van der Waals surface area contributed by atoms with Crippen molar-refractivity contribution in [3.05, 3.63) is 0 Å². The maximum atomic E-state index is 11.3. The van der Waals surface area contributed by atoms with E-state index in [1.807, 2.05) is 14.0 Å². The number of hydrogen-bond acceptors (Lipinski definition) is 3. The number of nitrogens with two attached hydrogens (primary N) is 1. The van der Waals surface area contributed by atoms with E-state index in [1.165, 1.54) is 32.1 Å². The summed E-state index contributed by atoms with van der Waals surface area (Å²) < 4.78 is 0. The number of hydrogen-bond donors (Lipinski definition) is 2. The normalized spacial score (nSPS) is 20.9. The van der Waals surface area contributed by atoms with Gasteiger partial charge in [-0.25, -0.2) is 5.84 Å². The number of carbonyl (C=O) groups is 1. The fourth-order valence-electron chi connectivity index (χ4n) is 2.11. The average Bonchev–Trinajstić information content (AvgIpc) is 2.27. The van der Waals surface area contributed by atoms with Crippen LogP contribution in [0.15, 0.2) is 0 Å². The second-order valence-corrected chi connectivity index (χ2v) is 4.14. The first-order valence-corrected chi connectivity index (χ1v) is 5.39. The molecule has 0 heterocycles. The highest BCUT2D eigenvalue weighted by atomic mass is 16.2. The molecule has 1 aliphatic carbocycles. The van der Waals surface area contributed by atoms with Gasteiger partial charge in [0.25, 0.3) is 5.91 Å². The lowest BCUT2D eigenvalue weighted by Gasteiger charge is -2.34. The fourth-order valence-corrected chi connectivity index (χ4v) is 2.11. The maximum Gasteiger partial charge on any atom is 0.250 e. The van der Waals surface area contributed by atoms with Crippen molar-refractivity contribution >= 4 is 5.91 Å². The zero-order valence-electron chi connectivity index (χ0n) is 9.12. The highest BCUT2D eigenvalue weighted by Crippen LogP contribution is 2.22. The van der Waals surface area contributed by atoms with Crippen LogP contribution in [0.1, 0.15) is 39.0 Å². The molecular formula is C10H21N3O. The van der Waals surface area contributed by atoms with E-state index in [1.54, 1.807) is 0 Å². The molecule has 4 heteroatoms. The van der Waals surface area contributed by atoms with Gasteiger partial charge >= 0.3 is 0 Å². The monoisotopic (exact) mass is 199 g/mol. The second kappa shape index (κ2) is 5.32. The first-order chi connectivity index (χ1) is 6.66. The lowest BCUT2D eigenvalue weighted by atomic mass is 9.93. The fraction of sp³-hybridized carbons (Fsp3) is 0.900. The minimum Gasteiger partial charge on any atom is -0.293 e. The van der Waals surface area contributed by atoms with Crippen LogP contribution in [-0.2, 0) is 4.79 Å². The van der Waals surface area contributed by atoms with Gasteiger partial charge in [-0.05, 0) is 26.8 Å². The molecule has 0 radical (unpaired) electrons. The third-order valence-corrected chi connectivity index (χ3v) is 3.28. The molecule has 1 amide bonds. The van der Waals surface area contributed by atoms with Crippen LogP contribution < -0.4 is 11.3 Å². The van der Waals surface area contributed by atoms with Gasteiger partial charge in [0.15, 0.2) is 0 Å². The Morgan fingerprint density at radius 2 is 2.00 bits per heavy atom. The van der Waals surface area contributed by atoms with E-state index >= 15 is 0 Å². The third-order valence-electron chi connectivity index (χ3n) is 3.28. The van der Waals surface area contributed by atoms with Gasteiger partial charge in [-0.15, -0.1) is 0 Å². The summed E-state index contributed by atoms with van der Waals surface area (Å²) in [5.41, 5.74) is 2.20. The minimum absolute atomic E-state index is 0.0990. The van der Waals surface area contributed by atoms with Crippen molar-refractivity contribution in [3.8, 4) is 0 Å². The van der Waals surface area contributed by atoms with E-state index in [-0.39, 0.29) is 11.9 Å². The molecule has 4 nitrogen and oxygen atoms in total. The Kier molecular flexibility index (Phi) is 4.35. The predicted molar refractivity (Wildman–Crippen MR) is 56.4 cm³/mol. The number of nitrogens with zero attached hydrogens (tertiary/aromatic N) is 1. The van der Waals surface area contributed by atoms with E-state index in [0.29, 0.717) is 6.04 Å². The first kappa shape index (κ1) is 11.5. The standard InChI is InChI=1S/C10H21N3O/c1-8(10(14)12-11)13(2)9-6-4-3-5-7-9/h8-9H,3-7,11H2,1-2H3,(H,12,14). The van der Waals surface area contributed by atoms with Crippen LogP contribution in [0.25, 0.3) is 0 Å². The molecule has 1 unspecified atom stereocenters. The first-order valence-electron chi connectivity index (χ1n) is 5.39. The summed E-state index contributed by atoms with van der Waals surface area (Å²) in [6.45, 7) is 1.90. The van der Waals surface area contributed by atoms with Crippen molar-refractivity contribution in [1.82, 2.24) is 10.3 Å². The van der Waals surface area contributed by atoms with E-state index < -0.39 is 0 Å². The van der Waals surface area contributed by atoms with Gasteiger partial charge in [-0.1, -0.05) is 19.3 Å². The number of rotatable bonds is 3. The van der Waals surface area contributed by atoms with Crippen molar-refractivity contribution in [3.63, 3.8) is 0 Å². The number of hydrazine groups is 1. The maximum absolute atomic E-state index is 11.3. The summed E-state index contributed by atoms with van der Waals surface area (Å²) in [6.07, 6.45) is 6.32. The summed E-state index contributed by atoms with van der Waals surface area (Å²) in [5, 5.41) is 0. The third kappa shape index (κ3) is 2.69. The van der Waals surface area contributed by atoms with Gasteiger partial charge in [-0.3, -0.25) is 15.1 Å². The summed E-state index contributed by atoms with van der Waals surface area (Å²) in [6, 6.07) is 0.430. The molecule has 0 saturated heterocycles. The van der Waals surface area contributed by atoms with Crippen LogP contribution >= 0.6 is 0 Å². The second-order valence-electron chi connectivity index (χ2n) is 4.14. The van der Waals surface area contributed by atoms with Crippen LogP contribution in [0.2, 0.25) is 0 Å².